The Morgan fingerprint density at radius 3 is 2.51 bits per heavy atom. The number of aliphatic hydroxyl groups excluding tert-OH is 4. The normalized spacial score (nSPS) is 26.1. The van der Waals surface area contributed by atoms with E-state index in [-0.39, 0.29) is 40.4 Å². The number of carbonyl (C=O) groups is 1. The maximum Gasteiger partial charge on any atom is 0.336 e. The lowest BCUT2D eigenvalue weighted by molar-refractivity contribution is -0.306. The summed E-state index contributed by atoms with van der Waals surface area (Å²) in [5.74, 6) is -2.40. The van der Waals surface area contributed by atoms with Gasteiger partial charge in [0.2, 0.25) is 12.0 Å². The van der Waals surface area contributed by atoms with Crippen molar-refractivity contribution < 1.29 is 63.9 Å². The zero-order valence-electron chi connectivity index (χ0n) is 27.1. The van der Waals surface area contributed by atoms with Crippen molar-refractivity contribution in [3.8, 4) is 34.3 Å². The molecule has 0 radical (unpaired) electrons. The van der Waals surface area contributed by atoms with Crippen LogP contribution in [0.5, 0.6) is 23.0 Å². The number of aromatic nitrogens is 1. The van der Waals surface area contributed by atoms with Gasteiger partial charge in [0, 0.05) is 42.6 Å². The fraction of sp³-hybridized carbons (Fsp3) is 0.394. The van der Waals surface area contributed by atoms with E-state index in [4.69, 9.17) is 29.1 Å². The molecular weight excluding hydrogens is 676 g/mol. The molecule has 2 aromatic heterocycles. The van der Waals surface area contributed by atoms with Crippen LogP contribution >= 0.6 is 0 Å². The SMILES string of the molecule is COc1c(O[C@@H]2O[C@H](C(=O)O)[C@](O)(C[C@H]3CNCN3)[C@@H](O)[C@H]2O)cc2oc(-c3ccc(O[C@H](CO)[C@H](O)c4ccc(N)[nH]4)cc3)cc(=O)c2c1O. The van der Waals surface area contributed by atoms with E-state index in [0.717, 1.165) is 19.2 Å². The van der Waals surface area contributed by atoms with E-state index in [0.29, 0.717) is 30.3 Å². The zero-order chi connectivity index (χ0) is 36.6. The number of ether oxygens (including phenoxy) is 4. The van der Waals surface area contributed by atoms with Crippen LogP contribution in [0.2, 0.25) is 0 Å². The Hall–Kier alpha value is -4.92. The smallest absolute Gasteiger partial charge is 0.336 e. The van der Waals surface area contributed by atoms with Crippen molar-refractivity contribution in [2.45, 2.75) is 54.9 Å². The van der Waals surface area contributed by atoms with Gasteiger partial charge in [-0.15, -0.1) is 0 Å². The highest BCUT2D eigenvalue weighted by atomic mass is 16.7. The van der Waals surface area contributed by atoms with Gasteiger partial charge in [-0.25, -0.2) is 4.79 Å². The number of hydrogen-bond donors (Lipinski definition) is 11. The largest absolute Gasteiger partial charge is 0.504 e. The Balaban J connectivity index is 1.27. The van der Waals surface area contributed by atoms with Crippen molar-refractivity contribution in [2.24, 2.45) is 0 Å². The lowest BCUT2D eigenvalue weighted by atomic mass is 9.79. The average Bonchev–Trinajstić information content (AvgIpc) is 3.78. The molecule has 18 nitrogen and oxygen atoms in total. The fourth-order valence-corrected chi connectivity index (χ4v) is 6.29. The molecule has 2 aromatic carbocycles. The first kappa shape index (κ1) is 35.9. The molecular formula is C33H38N4O14. The molecule has 0 unspecified atom stereocenters. The van der Waals surface area contributed by atoms with Gasteiger partial charge in [-0.05, 0) is 42.8 Å². The van der Waals surface area contributed by atoms with Crippen molar-refractivity contribution in [2.75, 3.05) is 32.7 Å². The van der Waals surface area contributed by atoms with Crippen LogP contribution in [0, 0.1) is 0 Å². The lowest BCUT2D eigenvalue weighted by Crippen LogP contribution is -2.70. The number of phenolic OH excluding ortho intramolecular Hbond substituents is 1. The van der Waals surface area contributed by atoms with Crippen LogP contribution in [-0.4, -0.2) is 116 Å². The molecule has 4 aromatic rings. The summed E-state index contributed by atoms with van der Waals surface area (Å²) < 4.78 is 28.2. The molecule has 2 saturated heterocycles. The number of aromatic amines is 1. The summed E-state index contributed by atoms with van der Waals surface area (Å²) in [6.45, 7) is 0.248. The molecule has 8 atom stereocenters. The Kier molecular flexibility index (Phi) is 10.1. The Morgan fingerprint density at radius 1 is 1.16 bits per heavy atom. The number of aromatic hydroxyl groups is 1. The van der Waals surface area contributed by atoms with Gasteiger partial charge in [0.1, 0.15) is 52.2 Å². The number of aliphatic hydroxyl groups is 5. The Morgan fingerprint density at radius 2 is 1.90 bits per heavy atom. The van der Waals surface area contributed by atoms with Crippen molar-refractivity contribution in [3.05, 3.63) is 64.4 Å². The Bertz CT molecular complexity index is 1930. The molecule has 2 fully saturated rings. The average molecular weight is 715 g/mol. The fourth-order valence-electron chi connectivity index (χ4n) is 6.29. The van der Waals surface area contributed by atoms with Crippen molar-refractivity contribution in [1.29, 1.82) is 0 Å². The second-order valence-electron chi connectivity index (χ2n) is 12.3. The van der Waals surface area contributed by atoms with Gasteiger partial charge in [0.15, 0.2) is 29.1 Å². The van der Waals surface area contributed by atoms with Crippen LogP contribution in [0.1, 0.15) is 18.2 Å². The maximum absolute atomic E-state index is 13.2. The summed E-state index contributed by atoms with van der Waals surface area (Å²) in [6.07, 6.45) is -10.5. The third kappa shape index (κ3) is 6.90. The third-order valence-corrected chi connectivity index (χ3v) is 8.91. The molecule has 2 aliphatic heterocycles. The van der Waals surface area contributed by atoms with Crippen LogP contribution in [-0.2, 0) is 9.53 Å². The van der Waals surface area contributed by atoms with Gasteiger partial charge in [-0.1, -0.05) is 0 Å². The number of H-pyrrole nitrogens is 1. The summed E-state index contributed by atoms with van der Waals surface area (Å²) in [5, 5.41) is 80.3. The number of nitrogens with one attached hydrogen (secondary N) is 3. The van der Waals surface area contributed by atoms with Crippen LogP contribution in [0.4, 0.5) is 5.82 Å². The number of hydrogen-bond acceptors (Lipinski definition) is 16. The molecule has 0 aliphatic carbocycles. The summed E-state index contributed by atoms with van der Waals surface area (Å²) >= 11 is 0. The summed E-state index contributed by atoms with van der Waals surface area (Å²) in [5.41, 5.74) is 3.13. The predicted molar refractivity (Wildman–Crippen MR) is 176 cm³/mol. The zero-order valence-corrected chi connectivity index (χ0v) is 27.1. The van der Waals surface area contributed by atoms with Crippen LogP contribution in [0.3, 0.4) is 0 Å². The highest BCUT2D eigenvalue weighted by Gasteiger charge is 2.59. The quantitative estimate of drug-likeness (QED) is 0.0848. The number of methoxy groups -OCH3 is 1. The van der Waals surface area contributed by atoms with Crippen molar-refractivity contribution in [3.63, 3.8) is 0 Å². The second kappa shape index (κ2) is 14.4. The van der Waals surface area contributed by atoms with E-state index in [1.54, 1.807) is 24.3 Å². The lowest BCUT2D eigenvalue weighted by Gasteiger charge is -2.47. The van der Waals surface area contributed by atoms with E-state index in [2.05, 4.69) is 15.6 Å². The Labute approximate surface area is 288 Å². The molecule has 51 heavy (non-hydrogen) atoms. The monoisotopic (exact) mass is 714 g/mol. The minimum absolute atomic E-state index is 0.0468. The molecule has 4 heterocycles. The van der Waals surface area contributed by atoms with Crippen molar-refractivity contribution >= 4 is 22.8 Å². The number of carboxylic acid groups (broad SMARTS) is 1. The molecule has 2 aliphatic rings. The third-order valence-electron chi connectivity index (χ3n) is 8.91. The predicted octanol–water partition coefficient (Wildman–Crippen LogP) is -0.892. The number of benzene rings is 2. The summed E-state index contributed by atoms with van der Waals surface area (Å²) in [4.78, 5) is 28.2. The van der Waals surface area contributed by atoms with Gasteiger partial charge in [0.25, 0.3) is 0 Å². The molecule has 6 rings (SSSR count). The number of phenols is 1. The number of nitrogen functional groups attached to an aromatic ring is 1. The molecule has 0 amide bonds. The molecule has 0 spiro atoms. The first-order valence-corrected chi connectivity index (χ1v) is 15.8. The van der Waals surface area contributed by atoms with Gasteiger partial charge in [-0.2, -0.15) is 0 Å². The number of rotatable bonds is 12. The van der Waals surface area contributed by atoms with Crippen LogP contribution in [0.25, 0.3) is 22.3 Å². The number of anilines is 1. The number of carboxylic acids is 1. The van der Waals surface area contributed by atoms with E-state index in [1.807, 2.05) is 0 Å². The second-order valence-corrected chi connectivity index (χ2v) is 12.3. The number of nitrogens with two attached hydrogens (primary N) is 1. The number of fused-ring (bicyclic) bond motifs is 1. The van der Waals surface area contributed by atoms with Crippen LogP contribution in [0.15, 0.2) is 57.7 Å². The minimum Gasteiger partial charge on any atom is -0.504 e. The first-order valence-electron chi connectivity index (χ1n) is 15.8. The number of aliphatic carboxylic acids is 1. The highest BCUT2D eigenvalue weighted by molar-refractivity contribution is 5.89. The summed E-state index contributed by atoms with van der Waals surface area (Å²) in [7, 11) is 1.16. The van der Waals surface area contributed by atoms with E-state index in [9.17, 15) is 45.3 Å². The van der Waals surface area contributed by atoms with Gasteiger partial charge in [-0.3, -0.25) is 4.79 Å². The highest BCUT2D eigenvalue weighted by Crippen LogP contribution is 2.44. The van der Waals surface area contributed by atoms with Crippen LogP contribution < -0.4 is 36.0 Å². The minimum atomic E-state index is -2.41. The van der Waals surface area contributed by atoms with E-state index >= 15 is 0 Å². The molecule has 18 heteroatoms. The van der Waals surface area contributed by atoms with Gasteiger partial charge >= 0.3 is 5.97 Å². The standard InChI is InChI=1S/C33H38N4O14/c1-47-28-21(50-32-27(42)29(43)33(46,30(51-32)31(44)45)10-15-11-35-13-36-15)9-20-24(26(28)41)18(39)8-19(49-20)14-2-4-16(5-3-14)48-22(12-38)25(40)17-6-7-23(34)37-17/h2-9,15,22,25,27,29-30,32,35-38,40-43,46H,10-13,34H2,1H3,(H,44,45)/t15-,22+,25+,27+,29-,30+,32+,33-/m0/s1. The van der Waals surface area contributed by atoms with E-state index < -0.39 is 72.2 Å². The van der Waals surface area contributed by atoms with E-state index in [1.165, 1.54) is 12.1 Å². The molecule has 12 N–H and O–H groups in total. The first-order chi connectivity index (χ1) is 24.3. The van der Waals surface area contributed by atoms with Gasteiger partial charge in [0.05, 0.1) is 13.7 Å². The van der Waals surface area contributed by atoms with Gasteiger partial charge < -0.3 is 80.5 Å². The topological polar surface area (TPSA) is 292 Å². The molecule has 0 saturated carbocycles. The van der Waals surface area contributed by atoms with Crippen molar-refractivity contribution in [1.82, 2.24) is 15.6 Å². The molecule has 274 valence electrons. The summed E-state index contributed by atoms with van der Waals surface area (Å²) in [6, 6.07) is 11.1. The molecule has 0 bridgehead atoms. The maximum atomic E-state index is 13.2.